The number of para-hydroxylation sites is 1. The highest BCUT2D eigenvalue weighted by Crippen LogP contribution is 2.54. The summed E-state index contributed by atoms with van der Waals surface area (Å²) in [4.78, 5) is 54.8. The number of nitrogens with zero attached hydrogens (tertiary/aromatic N) is 2. The van der Waals surface area contributed by atoms with Gasteiger partial charge in [0.1, 0.15) is 17.5 Å². The molecule has 3 aromatic carbocycles. The van der Waals surface area contributed by atoms with E-state index in [1.54, 1.807) is 24.3 Å². The van der Waals surface area contributed by atoms with Gasteiger partial charge in [-0.15, -0.1) is 0 Å². The Bertz CT molecular complexity index is 1910. The number of halogens is 5. The van der Waals surface area contributed by atoms with E-state index in [2.05, 4.69) is 5.32 Å². The molecule has 0 aliphatic carbocycles. The van der Waals surface area contributed by atoms with Crippen LogP contribution in [0, 0.1) is 5.92 Å². The number of methoxy groups -OCH3 is 1. The largest absolute Gasteiger partial charge is 0.497 e. The molecule has 0 spiro atoms. The Balaban J connectivity index is 1.42. The molecule has 1 N–H and O–H groups in total. The van der Waals surface area contributed by atoms with Gasteiger partial charge in [-0.1, -0.05) is 70.6 Å². The summed E-state index contributed by atoms with van der Waals surface area (Å²) in [7, 11) is 1.48. The van der Waals surface area contributed by atoms with E-state index in [1.165, 1.54) is 42.0 Å². The molecule has 6 rings (SSSR count). The number of nitrogens with one attached hydrogen (secondary N) is 1. The Kier molecular flexibility index (Phi) is 8.23. The first-order valence-electron chi connectivity index (χ1n) is 13.2. The molecule has 1 saturated heterocycles. The van der Waals surface area contributed by atoms with Crippen LogP contribution in [0.25, 0.3) is 0 Å². The second kappa shape index (κ2) is 11.9. The van der Waals surface area contributed by atoms with Gasteiger partial charge in [0.15, 0.2) is 0 Å². The van der Waals surface area contributed by atoms with Crippen LogP contribution in [-0.2, 0) is 27.1 Å². The van der Waals surface area contributed by atoms with Crippen molar-refractivity contribution in [2.45, 2.75) is 28.9 Å². The summed E-state index contributed by atoms with van der Waals surface area (Å²) in [5, 5.41) is 2.26. The zero-order valence-corrected chi connectivity index (χ0v) is 26.1. The fourth-order valence-corrected chi connectivity index (χ4v) is 8.56. The van der Waals surface area contributed by atoms with Gasteiger partial charge in [0.25, 0.3) is 0 Å². The molecule has 1 fully saturated rings. The van der Waals surface area contributed by atoms with Crippen molar-refractivity contribution in [1.29, 1.82) is 0 Å². The van der Waals surface area contributed by atoms with E-state index in [-0.39, 0.29) is 15.1 Å². The first-order chi connectivity index (χ1) is 21.4. The number of carbonyl (C=O) groups excluding carboxylic acids is 3. The molecule has 3 amide bonds. The fraction of sp³-hybridized carbons (Fsp3) is 0.200. The smallest absolute Gasteiger partial charge is 0.418 e. The van der Waals surface area contributed by atoms with E-state index in [1.807, 2.05) is 0 Å². The number of rotatable bonds is 6. The minimum atomic E-state index is -4.83. The van der Waals surface area contributed by atoms with Crippen molar-refractivity contribution in [3.05, 3.63) is 102 Å². The third-order valence-corrected chi connectivity index (χ3v) is 10.8. The lowest BCUT2D eigenvalue weighted by Crippen LogP contribution is -2.33. The number of ether oxygens (including phenoxy) is 1. The second-order valence-electron chi connectivity index (χ2n) is 10.1. The van der Waals surface area contributed by atoms with E-state index in [9.17, 15) is 32.3 Å². The summed E-state index contributed by atoms with van der Waals surface area (Å²) >= 11 is 13.7. The van der Waals surface area contributed by atoms with Gasteiger partial charge in [-0.25, -0.2) is 4.90 Å². The number of alkyl halides is 3. The van der Waals surface area contributed by atoms with Crippen LogP contribution in [0.2, 0.25) is 10.0 Å². The quantitative estimate of drug-likeness (QED) is 0.227. The molecule has 0 radical (unpaired) electrons. The summed E-state index contributed by atoms with van der Waals surface area (Å²) in [6.45, 7) is -0.437. The average molecular weight is 695 g/mol. The van der Waals surface area contributed by atoms with Gasteiger partial charge >= 0.3 is 11.0 Å². The Morgan fingerprint density at radius 2 is 1.69 bits per heavy atom. The van der Waals surface area contributed by atoms with Crippen molar-refractivity contribution in [2.24, 2.45) is 5.92 Å². The van der Waals surface area contributed by atoms with Gasteiger partial charge in [0.2, 0.25) is 17.7 Å². The Hall–Kier alpha value is -3.78. The molecule has 2 aliphatic heterocycles. The van der Waals surface area contributed by atoms with E-state index in [0.717, 1.165) is 35.2 Å². The number of thioether (sulfide) groups is 1. The number of amides is 3. The molecule has 3 atom stereocenters. The van der Waals surface area contributed by atoms with Crippen LogP contribution in [-0.4, -0.2) is 34.6 Å². The fourth-order valence-electron chi connectivity index (χ4n) is 5.49. The topological polar surface area (TPSA) is 97.7 Å². The Morgan fingerprint density at radius 3 is 2.36 bits per heavy atom. The molecule has 0 bridgehead atoms. The molecule has 4 aromatic rings. The highest BCUT2D eigenvalue weighted by molar-refractivity contribution is 8.00. The number of thiazole rings is 1. The van der Waals surface area contributed by atoms with Gasteiger partial charge in [0.05, 0.1) is 39.3 Å². The van der Waals surface area contributed by atoms with Crippen LogP contribution in [0.15, 0.2) is 76.6 Å². The zero-order chi connectivity index (χ0) is 32.2. The summed E-state index contributed by atoms with van der Waals surface area (Å²) in [6.07, 6.45) is -4.83. The van der Waals surface area contributed by atoms with Gasteiger partial charge in [-0.3, -0.25) is 23.7 Å². The molecule has 15 heteroatoms. The summed E-state index contributed by atoms with van der Waals surface area (Å²) in [5.74, 6) is -3.71. The molecule has 2 aliphatic rings. The van der Waals surface area contributed by atoms with Gasteiger partial charge in [-0.05, 0) is 48.0 Å². The minimum Gasteiger partial charge on any atom is -0.497 e. The van der Waals surface area contributed by atoms with Crippen molar-refractivity contribution < 1.29 is 32.3 Å². The molecular weight excluding hydrogens is 674 g/mol. The van der Waals surface area contributed by atoms with Crippen LogP contribution in [0.1, 0.15) is 21.9 Å². The maximum atomic E-state index is 14.0. The number of anilines is 2. The number of fused-ring (bicyclic) bond motifs is 2. The third-order valence-electron chi connectivity index (χ3n) is 7.48. The van der Waals surface area contributed by atoms with Gasteiger partial charge < -0.3 is 10.1 Å². The molecule has 232 valence electrons. The Labute approximate surface area is 271 Å². The zero-order valence-electron chi connectivity index (χ0n) is 22.9. The first kappa shape index (κ1) is 31.2. The number of imide groups is 1. The van der Waals surface area contributed by atoms with Crippen LogP contribution in [0.4, 0.5) is 24.5 Å². The summed E-state index contributed by atoms with van der Waals surface area (Å²) < 4.78 is 48.4. The molecule has 0 saturated carbocycles. The Morgan fingerprint density at radius 1 is 0.978 bits per heavy atom. The third kappa shape index (κ3) is 5.62. The maximum absolute atomic E-state index is 14.0. The molecular formula is C30H20Cl2F3N3O5S2. The van der Waals surface area contributed by atoms with E-state index < -0.39 is 63.7 Å². The molecule has 0 unspecified atom stereocenters. The van der Waals surface area contributed by atoms with E-state index in [0.29, 0.717) is 26.8 Å². The van der Waals surface area contributed by atoms with Crippen LogP contribution in [0.3, 0.4) is 0 Å². The van der Waals surface area contributed by atoms with Crippen molar-refractivity contribution >= 4 is 75.4 Å². The van der Waals surface area contributed by atoms with E-state index in [4.69, 9.17) is 27.9 Å². The van der Waals surface area contributed by atoms with Gasteiger partial charge in [-0.2, -0.15) is 13.2 Å². The molecule has 1 aromatic heterocycles. The minimum absolute atomic E-state index is 0.213. The number of benzene rings is 3. The van der Waals surface area contributed by atoms with Crippen molar-refractivity contribution in [1.82, 2.24) is 4.57 Å². The average Bonchev–Trinajstić information content (AvgIpc) is 3.44. The van der Waals surface area contributed by atoms with Crippen molar-refractivity contribution in [3.8, 4) is 5.75 Å². The lowest BCUT2D eigenvalue weighted by Gasteiger charge is -2.30. The summed E-state index contributed by atoms with van der Waals surface area (Å²) in [6, 6.07) is 15.5. The number of aromatic nitrogens is 1. The summed E-state index contributed by atoms with van der Waals surface area (Å²) in [5.41, 5.74) is -0.800. The van der Waals surface area contributed by atoms with Crippen LogP contribution >= 0.6 is 46.3 Å². The predicted molar refractivity (Wildman–Crippen MR) is 166 cm³/mol. The normalized spacial score (nSPS) is 19.3. The number of carbonyl (C=O) groups is 3. The lowest BCUT2D eigenvalue weighted by molar-refractivity contribution is -0.137. The highest BCUT2D eigenvalue weighted by Gasteiger charge is 2.57. The SMILES string of the molecule is COc1ccc([C@@H]2c3sc(=O)n(CC(=O)Nc4ccc(Cl)c(Cl)c4)c3S[C@H]3C(=O)N(c4ccccc4C(F)(F)F)C(=O)[C@@H]23)cc1. The first-order valence-corrected chi connectivity index (χ1v) is 15.7. The van der Waals surface area contributed by atoms with Crippen LogP contribution < -0.4 is 19.8 Å². The maximum Gasteiger partial charge on any atom is 0.418 e. The highest BCUT2D eigenvalue weighted by atomic mass is 35.5. The number of hydrogen-bond donors (Lipinski definition) is 1. The predicted octanol–water partition coefficient (Wildman–Crippen LogP) is 6.68. The van der Waals surface area contributed by atoms with Crippen LogP contribution in [0.5, 0.6) is 5.75 Å². The van der Waals surface area contributed by atoms with Crippen molar-refractivity contribution in [2.75, 3.05) is 17.3 Å². The standard InChI is InChI=1S/C30H20Cl2F3N3O5S2/c1-43-16-9-6-14(7-10-16)22-23-24(27(41)38(26(23)40)20-5-3-2-4-17(20)30(33,34)35)44-28-25(22)45-29(42)37(28)13-21(39)36-15-8-11-18(31)19(32)12-15/h2-12,22-24H,13H2,1H3,(H,36,39)/t22-,23-,24+/m0/s1. The monoisotopic (exact) mass is 693 g/mol. The second-order valence-corrected chi connectivity index (χ2v) is 13.1. The van der Waals surface area contributed by atoms with Crippen molar-refractivity contribution in [3.63, 3.8) is 0 Å². The van der Waals surface area contributed by atoms with E-state index >= 15 is 0 Å². The molecule has 45 heavy (non-hydrogen) atoms. The lowest BCUT2D eigenvalue weighted by atomic mass is 9.83. The number of hydrogen-bond acceptors (Lipinski definition) is 7. The molecule has 8 nitrogen and oxygen atoms in total. The van der Waals surface area contributed by atoms with Gasteiger partial charge in [0, 0.05) is 16.5 Å². The molecule has 3 heterocycles.